The standard InChI is InChI=1S/C18H27N3O2/c1-5-6-9-21(4)18(23)13-7-8-14-15(11-13)20-17(22)16(19-14)10-12(2)3/h7-8,11-12,16,19H,5-6,9-10H2,1-4H3,(H,20,22)/t16-/m1/s1. The van der Waals surface area contributed by atoms with Gasteiger partial charge in [0.15, 0.2) is 0 Å². The number of fused-ring (bicyclic) bond motifs is 1. The van der Waals surface area contributed by atoms with Gasteiger partial charge in [-0.1, -0.05) is 27.2 Å². The number of unbranched alkanes of at least 4 members (excludes halogenated alkanes) is 1. The van der Waals surface area contributed by atoms with Gasteiger partial charge >= 0.3 is 0 Å². The maximum absolute atomic E-state index is 12.4. The molecule has 2 rings (SSSR count). The van der Waals surface area contributed by atoms with E-state index in [1.54, 1.807) is 11.0 Å². The number of nitrogens with one attached hydrogen (secondary N) is 2. The quantitative estimate of drug-likeness (QED) is 0.846. The molecule has 1 atom stereocenters. The van der Waals surface area contributed by atoms with Gasteiger partial charge in [-0.25, -0.2) is 0 Å². The first kappa shape index (κ1) is 17.3. The van der Waals surface area contributed by atoms with E-state index < -0.39 is 0 Å². The summed E-state index contributed by atoms with van der Waals surface area (Å²) in [4.78, 5) is 26.3. The SMILES string of the molecule is CCCCN(C)C(=O)c1ccc2c(c1)NC(=O)[C@@H](CC(C)C)N2. The lowest BCUT2D eigenvalue weighted by molar-refractivity contribution is -0.117. The fraction of sp³-hybridized carbons (Fsp3) is 0.556. The van der Waals surface area contributed by atoms with Crippen LogP contribution in [0.25, 0.3) is 0 Å². The summed E-state index contributed by atoms with van der Waals surface area (Å²) in [5, 5.41) is 6.19. The third-order valence-corrected chi connectivity index (χ3v) is 4.07. The molecule has 0 unspecified atom stereocenters. The predicted molar refractivity (Wildman–Crippen MR) is 93.8 cm³/mol. The second-order valence-corrected chi connectivity index (χ2v) is 6.66. The van der Waals surface area contributed by atoms with E-state index in [0.717, 1.165) is 31.5 Å². The summed E-state index contributed by atoms with van der Waals surface area (Å²) in [6.07, 6.45) is 2.83. The minimum atomic E-state index is -0.212. The van der Waals surface area contributed by atoms with Gasteiger partial charge in [-0.2, -0.15) is 0 Å². The van der Waals surface area contributed by atoms with Crippen LogP contribution >= 0.6 is 0 Å². The molecule has 1 heterocycles. The Morgan fingerprint density at radius 2 is 2.04 bits per heavy atom. The molecule has 126 valence electrons. The summed E-state index contributed by atoms with van der Waals surface area (Å²) in [7, 11) is 1.81. The lowest BCUT2D eigenvalue weighted by Gasteiger charge is -2.28. The smallest absolute Gasteiger partial charge is 0.253 e. The first-order chi connectivity index (χ1) is 10.9. The summed E-state index contributed by atoms with van der Waals surface area (Å²) in [5.41, 5.74) is 2.17. The van der Waals surface area contributed by atoms with Gasteiger partial charge in [0.1, 0.15) is 6.04 Å². The molecular weight excluding hydrogens is 290 g/mol. The highest BCUT2D eigenvalue weighted by Gasteiger charge is 2.26. The number of amides is 2. The monoisotopic (exact) mass is 317 g/mol. The molecule has 0 aliphatic carbocycles. The number of hydrogen-bond donors (Lipinski definition) is 2. The zero-order valence-corrected chi connectivity index (χ0v) is 14.5. The van der Waals surface area contributed by atoms with Crippen LogP contribution in [0.1, 0.15) is 50.4 Å². The Hall–Kier alpha value is -2.04. The average Bonchev–Trinajstić information content (AvgIpc) is 2.51. The molecule has 0 saturated heterocycles. The minimum Gasteiger partial charge on any atom is -0.372 e. The third kappa shape index (κ3) is 4.24. The van der Waals surface area contributed by atoms with E-state index in [1.165, 1.54) is 0 Å². The zero-order valence-electron chi connectivity index (χ0n) is 14.5. The fourth-order valence-electron chi connectivity index (χ4n) is 2.73. The van der Waals surface area contributed by atoms with Crippen LogP contribution < -0.4 is 10.6 Å². The largest absolute Gasteiger partial charge is 0.372 e. The number of carbonyl (C=O) groups excluding carboxylic acids is 2. The van der Waals surface area contributed by atoms with Crippen molar-refractivity contribution in [1.29, 1.82) is 0 Å². The number of benzene rings is 1. The van der Waals surface area contributed by atoms with Gasteiger partial charge in [-0.05, 0) is 37.0 Å². The van der Waals surface area contributed by atoms with E-state index in [0.29, 0.717) is 17.2 Å². The molecular formula is C18H27N3O2. The summed E-state index contributed by atoms with van der Waals surface area (Å²) < 4.78 is 0. The van der Waals surface area contributed by atoms with E-state index >= 15 is 0 Å². The lowest BCUT2D eigenvalue weighted by Crippen LogP contribution is -2.39. The summed E-state index contributed by atoms with van der Waals surface area (Å²) in [6, 6.07) is 5.25. The maximum atomic E-state index is 12.4. The zero-order chi connectivity index (χ0) is 17.0. The molecule has 0 saturated carbocycles. The van der Waals surface area contributed by atoms with E-state index in [2.05, 4.69) is 31.4 Å². The van der Waals surface area contributed by atoms with Crippen molar-refractivity contribution in [2.45, 2.75) is 46.1 Å². The Bertz CT molecular complexity index is 584. The van der Waals surface area contributed by atoms with Crippen LogP contribution in [0.2, 0.25) is 0 Å². The topological polar surface area (TPSA) is 61.4 Å². The molecule has 5 nitrogen and oxygen atoms in total. The molecule has 0 bridgehead atoms. The molecule has 2 N–H and O–H groups in total. The highest BCUT2D eigenvalue weighted by molar-refractivity contribution is 6.05. The normalized spacial score (nSPS) is 16.6. The van der Waals surface area contributed by atoms with E-state index in [-0.39, 0.29) is 17.9 Å². The van der Waals surface area contributed by atoms with Gasteiger partial charge in [-0.15, -0.1) is 0 Å². The van der Waals surface area contributed by atoms with Crippen molar-refractivity contribution in [3.05, 3.63) is 23.8 Å². The van der Waals surface area contributed by atoms with Gasteiger partial charge in [0.2, 0.25) is 5.91 Å². The minimum absolute atomic E-state index is 0.0141. The predicted octanol–water partition coefficient (Wildman–Crippen LogP) is 3.34. The number of carbonyl (C=O) groups is 2. The number of nitrogens with zero attached hydrogens (tertiary/aromatic N) is 1. The second-order valence-electron chi connectivity index (χ2n) is 6.66. The molecule has 0 fully saturated rings. The van der Waals surface area contributed by atoms with Crippen molar-refractivity contribution in [2.24, 2.45) is 5.92 Å². The van der Waals surface area contributed by atoms with Crippen molar-refractivity contribution in [2.75, 3.05) is 24.2 Å². The molecule has 0 aromatic heterocycles. The van der Waals surface area contributed by atoms with Gasteiger partial charge in [0, 0.05) is 19.2 Å². The maximum Gasteiger partial charge on any atom is 0.253 e. The number of hydrogen-bond acceptors (Lipinski definition) is 3. The molecule has 1 aromatic carbocycles. The van der Waals surface area contributed by atoms with Crippen LogP contribution in [-0.2, 0) is 4.79 Å². The molecule has 1 aliphatic heterocycles. The van der Waals surface area contributed by atoms with Crippen LogP contribution in [0, 0.1) is 5.92 Å². The van der Waals surface area contributed by atoms with Crippen LogP contribution in [-0.4, -0.2) is 36.3 Å². The van der Waals surface area contributed by atoms with Crippen LogP contribution in [0.5, 0.6) is 0 Å². The molecule has 0 radical (unpaired) electrons. The second kappa shape index (κ2) is 7.49. The van der Waals surface area contributed by atoms with Gasteiger partial charge in [0.25, 0.3) is 5.91 Å². The number of anilines is 2. The van der Waals surface area contributed by atoms with Crippen LogP contribution in [0.3, 0.4) is 0 Å². The van der Waals surface area contributed by atoms with Gasteiger partial charge in [-0.3, -0.25) is 9.59 Å². The van der Waals surface area contributed by atoms with Crippen molar-refractivity contribution in [3.63, 3.8) is 0 Å². The first-order valence-electron chi connectivity index (χ1n) is 8.39. The Morgan fingerprint density at radius 1 is 1.30 bits per heavy atom. The Labute approximate surface area is 138 Å². The molecule has 5 heteroatoms. The van der Waals surface area contributed by atoms with E-state index in [9.17, 15) is 9.59 Å². The highest BCUT2D eigenvalue weighted by atomic mass is 16.2. The van der Waals surface area contributed by atoms with Crippen molar-refractivity contribution in [1.82, 2.24) is 4.90 Å². The number of rotatable bonds is 6. The summed E-state index contributed by atoms with van der Waals surface area (Å²) in [6.45, 7) is 7.04. The van der Waals surface area contributed by atoms with Gasteiger partial charge in [0.05, 0.1) is 11.4 Å². The Morgan fingerprint density at radius 3 is 2.70 bits per heavy atom. The molecule has 1 aromatic rings. The van der Waals surface area contributed by atoms with Crippen molar-refractivity contribution in [3.8, 4) is 0 Å². The molecule has 23 heavy (non-hydrogen) atoms. The third-order valence-electron chi connectivity index (χ3n) is 4.07. The first-order valence-corrected chi connectivity index (χ1v) is 8.39. The average molecular weight is 317 g/mol. The van der Waals surface area contributed by atoms with Gasteiger partial charge < -0.3 is 15.5 Å². The fourth-order valence-corrected chi connectivity index (χ4v) is 2.73. The molecule has 1 aliphatic rings. The van der Waals surface area contributed by atoms with E-state index in [4.69, 9.17) is 0 Å². The summed E-state index contributed by atoms with van der Waals surface area (Å²) >= 11 is 0. The highest BCUT2D eigenvalue weighted by Crippen LogP contribution is 2.29. The van der Waals surface area contributed by atoms with Crippen molar-refractivity contribution >= 4 is 23.2 Å². The molecule has 2 amide bonds. The summed E-state index contributed by atoms with van der Waals surface area (Å²) in [5.74, 6) is 0.391. The van der Waals surface area contributed by atoms with Crippen molar-refractivity contribution < 1.29 is 9.59 Å². The lowest BCUT2D eigenvalue weighted by atomic mass is 10.00. The molecule has 0 spiro atoms. The van der Waals surface area contributed by atoms with E-state index in [1.807, 2.05) is 19.2 Å². The van der Waals surface area contributed by atoms with Crippen LogP contribution in [0.15, 0.2) is 18.2 Å². The Kier molecular flexibility index (Phi) is 5.64. The van der Waals surface area contributed by atoms with Crippen LogP contribution in [0.4, 0.5) is 11.4 Å². The Balaban J connectivity index is 2.13.